The molecule has 0 amide bonds. The Bertz CT molecular complexity index is 1200. The summed E-state index contributed by atoms with van der Waals surface area (Å²) < 4.78 is 2.07. The van der Waals surface area contributed by atoms with Crippen molar-refractivity contribution in [3.63, 3.8) is 0 Å². The topological polar surface area (TPSA) is 53.0 Å². The maximum atomic E-state index is 4.91. The van der Waals surface area contributed by atoms with Gasteiger partial charge in [-0.2, -0.15) is 5.10 Å². The number of fused-ring (bicyclic) bond motifs is 4. The summed E-state index contributed by atoms with van der Waals surface area (Å²) in [7, 11) is 2.08. The summed E-state index contributed by atoms with van der Waals surface area (Å²) in [5, 5.41) is 6.14. The number of piperazine rings is 1. The van der Waals surface area contributed by atoms with Crippen LogP contribution in [0, 0.1) is 0 Å². The summed E-state index contributed by atoms with van der Waals surface area (Å²) in [6.07, 6.45) is 4.94. The van der Waals surface area contributed by atoms with Crippen molar-refractivity contribution in [3.8, 4) is 11.3 Å². The van der Waals surface area contributed by atoms with Gasteiger partial charge in [-0.25, -0.2) is 4.98 Å². The summed E-state index contributed by atoms with van der Waals surface area (Å²) >= 11 is 0. The van der Waals surface area contributed by atoms with Crippen LogP contribution in [-0.2, 0) is 20.0 Å². The number of aromatic amines is 1. The summed E-state index contributed by atoms with van der Waals surface area (Å²) in [4.78, 5) is 12.7. The molecule has 0 bridgehead atoms. The van der Waals surface area contributed by atoms with Gasteiger partial charge < -0.3 is 9.88 Å². The summed E-state index contributed by atoms with van der Waals surface area (Å²) in [6.45, 7) is 5.09. The van der Waals surface area contributed by atoms with Crippen molar-refractivity contribution in [1.82, 2.24) is 24.6 Å². The Morgan fingerprint density at radius 3 is 2.79 bits per heavy atom. The zero-order chi connectivity index (χ0) is 19.4. The standard InChI is InChI=1S/C23H24N6/c1-27-21-18-6-3-2-5-16(18)13-20(21)23(26-27)29-11-9-28(10-12-29)15-17-14-25-22-19(17)7-4-8-24-22/h2-8,14H,9-13,15H2,1H3,(H,24,25). The minimum absolute atomic E-state index is 0.964. The van der Waals surface area contributed by atoms with Crippen molar-refractivity contribution in [2.45, 2.75) is 13.0 Å². The Morgan fingerprint density at radius 1 is 1.03 bits per heavy atom. The number of anilines is 1. The number of H-pyrrole nitrogens is 1. The van der Waals surface area contributed by atoms with Crippen LogP contribution in [0.1, 0.15) is 16.7 Å². The summed E-state index contributed by atoms with van der Waals surface area (Å²) in [5.41, 5.74) is 7.76. The molecule has 6 heteroatoms. The lowest BCUT2D eigenvalue weighted by molar-refractivity contribution is 0.250. The van der Waals surface area contributed by atoms with E-state index >= 15 is 0 Å². The van der Waals surface area contributed by atoms with E-state index in [0.29, 0.717) is 0 Å². The molecule has 0 atom stereocenters. The second-order valence-electron chi connectivity index (χ2n) is 8.08. The third kappa shape index (κ3) is 2.67. The smallest absolute Gasteiger partial charge is 0.154 e. The first-order valence-corrected chi connectivity index (χ1v) is 10.3. The molecule has 1 aliphatic carbocycles. The Balaban J connectivity index is 1.19. The molecule has 146 valence electrons. The fourth-order valence-electron chi connectivity index (χ4n) is 4.91. The van der Waals surface area contributed by atoms with E-state index in [0.717, 1.165) is 44.8 Å². The lowest BCUT2D eigenvalue weighted by Crippen LogP contribution is -2.46. The van der Waals surface area contributed by atoms with Gasteiger partial charge in [0.25, 0.3) is 0 Å². The van der Waals surface area contributed by atoms with Gasteiger partial charge in [0.1, 0.15) is 5.65 Å². The van der Waals surface area contributed by atoms with E-state index in [1.807, 2.05) is 12.3 Å². The van der Waals surface area contributed by atoms with E-state index in [2.05, 4.69) is 68.0 Å². The minimum atomic E-state index is 0.964. The number of hydrogen-bond donors (Lipinski definition) is 1. The molecular formula is C23H24N6. The number of pyridine rings is 1. The van der Waals surface area contributed by atoms with E-state index in [4.69, 9.17) is 5.10 Å². The first-order valence-electron chi connectivity index (χ1n) is 10.3. The summed E-state index contributed by atoms with van der Waals surface area (Å²) in [6, 6.07) is 12.9. The number of rotatable bonds is 3. The molecule has 2 aliphatic rings. The van der Waals surface area contributed by atoms with Crippen LogP contribution < -0.4 is 4.90 Å². The number of aryl methyl sites for hydroxylation is 1. The van der Waals surface area contributed by atoms with Crippen molar-refractivity contribution in [1.29, 1.82) is 0 Å². The molecule has 0 spiro atoms. The molecule has 3 aromatic heterocycles. The van der Waals surface area contributed by atoms with Crippen molar-refractivity contribution < 1.29 is 0 Å². The molecule has 1 fully saturated rings. The molecule has 6 nitrogen and oxygen atoms in total. The van der Waals surface area contributed by atoms with Crippen LogP contribution in [0.25, 0.3) is 22.3 Å². The zero-order valence-corrected chi connectivity index (χ0v) is 16.6. The number of benzene rings is 1. The first-order chi connectivity index (χ1) is 14.3. The van der Waals surface area contributed by atoms with Crippen LogP contribution in [-0.4, -0.2) is 50.8 Å². The van der Waals surface area contributed by atoms with E-state index in [9.17, 15) is 0 Å². The van der Waals surface area contributed by atoms with Gasteiger partial charge in [-0.15, -0.1) is 0 Å². The van der Waals surface area contributed by atoms with Crippen molar-refractivity contribution in [3.05, 3.63) is 65.5 Å². The molecule has 0 radical (unpaired) electrons. The second-order valence-corrected chi connectivity index (χ2v) is 8.08. The van der Waals surface area contributed by atoms with E-state index in [-0.39, 0.29) is 0 Å². The van der Waals surface area contributed by atoms with Crippen molar-refractivity contribution >= 4 is 16.9 Å². The highest BCUT2D eigenvalue weighted by Gasteiger charge is 2.30. The van der Waals surface area contributed by atoms with Gasteiger partial charge in [0.05, 0.1) is 5.69 Å². The highest BCUT2D eigenvalue weighted by molar-refractivity contribution is 5.80. The summed E-state index contributed by atoms with van der Waals surface area (Å²) in [5.74, 6) is 1.18. The predicted molar refractivity (Wildman–Crippen MR) is 115 cm³/mol. The number of aromatic nitrogens is 4. The molecule has 1 N–H and O–H groups in total. The normalized spacial score (nSPS) is 16.4. The van der Waals surface area contributed by atoms with Gasteiger partial charge in [-0.1, -0.05) is 24.3 Å². The third-order valence-corrected chi connectivity index (χ3v) is 6.37. The van der Waals surface area contributed by atoms with Gasteiger partial charge in [0, 0.05) is 75.1 Å². The minimum Gasteiger partial charge on any atom is -0.352 e. The fourth-order valence-corrected chi connectivity index (χ4v) is 4.91. The maximum Gasteiger partial charge on any atom is 0.154 e. The highest BCUT2D eigenvalue weighted by Crippen LogP contribution is 2.41. The van der Waals surface area contributed by atoms with Crippen LogP contribution in [0.3, 0.4) is 0 Å². The van der Waals surface area contributed by atoms with Crippen LogP contribution in [0.5, 0.6) is 0 Å². The SMILES string of the molecule is Cn1nc(N2CCN(Cc3c[nH]c4ncccc34)CC2)c2c1-c1ccccc1C2. The predicted octanol–water partition coefficient (Wildman–Crippen LogP) is 3.19. The monoisotopic (exact) mass is 384 g/mol. The molecule has 29 heavy (non-hydrogen) atoms. The molecule has 1 aliphatic heterocycles. The molecular weight excluding hydrogens is 360 g/mol. The third-order valence-electron chi connectivity index (χ3n) is 6.37. The van der Waals surface area contributed by atoms with Gasteiger partial charge in [0.15, 0.2) is 5.82 Å². The fraction of sp³-hybridized carbons (Fsp3) is 0.304. The largest absolute Gasteiger partial charge is 0.352 e. The van der Waals surface area contributed by atoms with E-state index in [1.165, 1.54) is 39.2 Å². The van der Waals surface area contributed by atoms with E-state index in [1.54, 1.807) is 0 Å². The van der Waals surface area contributed by atoms with Gasteiger partial charge >= 0.3 is 0 Å². The lowest BCUT2D eigenvalue weighted by Gasteiger charge is -2.35. The van der Waals surface area contributed by atoms with Crippen LogP contribution >= 0.6 is 0 Å². The Hall–Kier alpha value is -3.12. The van der Waals surface area contributed by atoms with Gasteiger partial charge in [-0.05, 0) is 23.3 Å². The van der Waals surface area contributed by atoms with Crippen molar-refractivity contribution in [2.75, 3.05) is 31.1 Å². The first kappa shape index (κ1) is 16.8. The Kier molecular flexibility index (Phi) is 3.74. The van der Waals surface area contributed by atoms with Crippen LogP contribution in [0.15, 0.2) is 48.8 Å². The number of hydrogen-bond acceptors (Lipinski definition) is 4. The van der Waals surface area contributed by atoms with Crippen LogP contribution in [0.4, 0.5) is 5.82 Å². The second kappa shape index (κ2) is 6.46. The molecule has 1 saturated heterocycles. The quantitative estimate of drug-likeness (QED) is 0.519. The molecule has 4 heterocycles. The molecule has 4 aromatic rings. The molecule has 0 unspecified atom stereocenters. The molecule has 1 aromatic carbocycles. The van der Waals surface area contributed by atoms with Crippen LogP contribution in [0.2, 0.25) is 0 Å². The zero-order valence-electron chi connectivity index (χ0n) is 16.6. The van der Waals surface area contributed by atoms with Gasteiger partial charge in [0.2, 0.25) is 0 Å². The Morgan fingerprint density at radius 2 is 1.90 bits per heavy atom. The average Bonchev–Trinajstić information content (AvgIpc) is 3.42. The molecule has 0 saturated carbocycles. The average molecular weight is 384 g/mol. The van der Waals surface area contributed by atoms with E-state index < -0.39 is 0 Å². The number of nitrogens with one attached hydrogen (secondary N) is 1. The maximum absolute atomic E-state index is 4.91. The van der Waals surface area contributed by atoms with Gasteiger partial charge in [-0.3, -0.25) is 9.58 Å². The highest BCUT2D eigenvalue weighted by atomic mass is 15.4. The van der Waals surface area contributed by atoms with Crippen molar-refractivity contribution in [2.24, 2.45) is 7.05 Å². The Labute approximate surface area is 169 Å². The number of nitrogens with zero attached hydrogens (tertiary/aromatic N) is 5. The molecule has 6 rings (SSSR count). The lowest BCUT2D eigenvalue weighted by atomic mass is 10.1.